The monoisotopic (exact) mass is 495 g/mol. The molecule has 0 amide bonds. The fraction of sp³-hybridized carbons (Fsp3) is 0.522. The average molecular weight is 496 g/mol. The summed E-state index contributed by atoms with van der Waals surface area (Å²) in [6, 6.07) is 2.95. The van der Waals surface area contributed by atoms with E-state index in [1.54, 1.807) is 11.8 Å². The van der Waals surface area contributed by atoms with Crippen molar-refractivity contribution >= 4 is 11.8 Å². The minimum Gasteiger partial charge on any atom is -0.440 e. The Hall–Kier alpha value is -2.40. The summed E-state index contributed by atoms with van der Waals surface area (Å²) in [6.45, 7) is 4.58. The van der Waals surface area contributed by atoms with Crippen molar-refractivity contribution in [2.45, 2.75) is 43.4 Å². The second-order valence-electron chi connectivity index (χ2n) is 9.21. The van der Waals surface area contributed by atoms with E-state index in [0.29, 0.717) is 23.2 Å². The largest absolute Gasteiger partial charge is 0.440 e. The number of aryl methyl sites for hydroxylation is 1. The zero-order valence-electron chi connectivity index (χ0n) is 18.9. The molecule has 0 bridgehead atoms. The highest BCUT2D eigenvalue weighted by atomic mass is 32.2. The molecule has 3 heterocycles. The van der Waals surface area contributed by atoms with Crippen LogP contribution in [0.4, 0.5) is 17.6 Å². The number of hydrogen-bond acceptors (Lipinski definition) is 6. The van der Waals surface area contributed by atoms with Gasteiger partial charge in [0.2, 0.25) is 5.82 Å². The number of aromatic nitrogens is 4. The van der Waals surface area contributed by atoms with E-state index in [1.807, 2.05) is 18.5 Å². The molecule has 34 heavy (non-hydrogen) atoms. The number of thioether (sulfide) groups is 1. The van der Waals surface area contributed by atoms with E-state index in [-0.39, 0.29) is 11.3 Å². The lowest BCUT2D eigenvalue weighted by molar-refractivity contribution is -0.137. The molecule has 2 aliphatic rings. The van der Waals surface area contributed by atoms with Crippen molar-refractivity contribution in [3.05, 3.63) is 47.2 Å². The summed E-state index contributed by atoms with van der Waals surface area (Å²) in [6.07, 6.45) is -0.378. The van der Waals surface area contributed by atoms with Crippen molar-refractivity contribution < 1.29 is 22.0 Å². The molecule has 1 saturated heterocycles. The van der Waals surface area contributed by atoms with E-state index in [4.69, 9.17) is 4.42 Å². The Bertz CT molecular complexity index is 1190. The molecule has 11 heteroatoms. The minimum absolute atomic E-state index is 0.00115. The molecule has 2 fully saturated rings. The van der Waals surface area contributed by atoms with Gasteiger partial charge in [-0.05, 0) is 68.3 Å². The molecule has 182 valence electrons. The van der Waals surface area contributed by atoms with E-state index >= 15 is 0 Å². The highest BCUT2D eigenvalue weighted by Gasteiger charge is 2.58. The first-order valence-electron chi connectivity index (χ1n) is 11.2. The number of benzene rings is 1. The Balaban J connectivity index is 1.11. The van der Waals surface area contributed by atoms with Crippen molar-refractivity contribution in [2.75, 3.05) is 25.4 Å². The SMILES string of the molecule is Cc1ncoc1-c1nnc(SCCCN2CCC3(C[C@H]3c3ccc(C(F)(F)F)cc3F)C2)n1C. The van der Waals surface area contributed by atoms with Crippen molar-refractivity contribution in [3.63, 3.8) is 0 Å². The van der Waals surface area contributed by atoms with Crippen molar-refractivity contribution in [1.82, 2.24) is 24.6 Å². The van der Waals surface area contributed by atoms with Crippen molar-refractivity contribution in [3.8, 4) is 11.6 Å². The third kappa shape index (κ3) is 4.35. The summed E-state index contributed by atoms with van der Waals surface area (Å²) in [4.78, 5) is 6.47. The maximum atomic E-state index is 14.4. The van der Waals surface area contributed by atoms with Gasteiger partial charge < -0.3 is 13.9 Å². The van der Waals surface area contributed by atoms with Crippen LogP contribution in [0.2, 0.25) is 0 Å². The lowest BCUT2D eigenvalue weighted by Crippen LogP contribution is -2.23. The van der Waals surface area contributed by atoms with Crippen LogP contribution < -0.4 is 0 Å². The number of nitrogens with zero attached hydrogens (tertiary/aromatic N) is 5. The molecule has 2 atom stereocenters. The topological polar surface area (TPSA) is 60.0 Å². The standard InChI is InChI=1S/C23H25F4N5OS/c1-14-19(33-13-28-14)20-29-30-21(31(20)2)34-9-3-7-32-8-6-22(12-32)11-17(22)16-5-4-15(10-18(16)24)23(25,26)27/h4-5,10,13,17H,3,6-9,11-12H2,1-2H3/t17-,22?/m0/s1. The Labute approximate surface area is 198 Å². The highest BCUT2D eigenvalue weighted by molar-refractivity contribution is 7.99. The molecule has 1 spiro atoms. The molecule has 1 aromatic carbocycles. The van der Waals surface area contributed by atoms with Crippen LogP contribution in [0.3, 0.4) is 0 Å². The van der Waals surface area contributed by atoms with Crippen LogP contribution in [0, 0.1) is 18.2 Å². The highest BCUT2D eigenvalue weighted by Crippen LogP contribution is 2.64. The van der Waals surface area contributed by atoms with Crippen LogP contribution in [0.5, 0.6) is 0 Å². The van der Waals surface area contributed by atoms with Crippen LogP contribution in [0.1, 0.15) is 42.0 Å². The van der Waals surface area contributed by atoms with Gasteiger partial charge in [-0.3, -0.25) is 0 Å². The van der Waals surface area contributed by atoms with Crippen molar-refractivity contribution in [2.24, 2.45) is 12.5 Å². The Morgan fingerprint density at radius 2 is 2.09 bits per heavy atom. The van der Waals surface area contributed by atoms with E-state index < -0.39 is 17.6 Å². The Kier molecular flexibility index (Phi) is 5.96. The smallest absolute Gasteiger partial charge is 0.416 e. The molecular weight excluding hydrogens is 470 g/mol. The number of hydrogen-bond donors (Lipinski definition) is 0. The van der Waals surface area contributed by atoms with Crippen LogP contribution >= 0.6 is 11.8 Å². The summed E-state index contributed by atoms with van der Waals surface area (Å²) >= 11 is 1.63. The molecule has 0 radical (unpaired) electrons. The molecule has 1 saturated carbocycles. The van der Waals surface area contributed by atoms with Gasteiger partial charge in [-0.2, -0.15) is 13.2 Å². The molecule has 0 N–H and O–H groups in total. The number of likely N-dealkylation sites (tertiary alicyclic amines) is 1. The summed E-state index contributed by atoms with van der Waals surface area (Å²) in [5.74, 6) is 1.41. The van der Waals surface area contributed by atoms with Crippen molar-refractivity contribution in [1.29, 1.82) is 0 Å². The molecule has 6 nitrogen and oxygen atoms in total. The van der Waals surface area contributed by atoms with Crippen LogP contribution in [0.15, 0.2) is 34.2 Å². The van der Waals surface area contributed by atoms with Gasteiger partial charge in [-0.1, -0.05) is 17.8 Å². The summed E-state index contributed by atoms with van der Waals surface area (Å²) < 4.78 is 60.2. The second-order valence-corrected chi connectivity index (χ2v) is 10.3. The van der Waals surface area contributed by atoms with E-state index in [0.717, 1.165) is 61.6 Å². The maximum absolute atomic E-state index is 14.4. The van der Waals surface area contributed by atoms with Gasteiger partial charge in [-0.15, -0.1) is 10.2 Å². The Morgan fingerprint density at radius 1 is 1.26 bits per heavy atom. The second kappa shape index (κ2) is 8.67. The van der Waals surface area contributed by atoms with E-state index in [9.17, 15) is 17.6 Å². The van der Waals surface area contributed by atoms with Gasteiger partial charge in [0.25, 0.3) is 0 Å². The zero-order chi connectivity index (χ0) is 24.1. The number of rotatable bonds is 7. The number of oxazole rings is 1. The molecule has 2 aromatic heterocycles. The first-order chi connectivity index (χ1) is 16.2. The summed E-state index contributed by atoms with van der Waals surface area (Å²) in [7, 11) is 1.90. The Morgan fingerprint density at radius 3 is 2.79 bits per heavy atom. The predicted molar refractivity (Wildman–Crippen MR) is 119 cm³/mol. The summed E-state index contributed by atoms with van der Waals surface area (Å²) in [5, 5.41) is 9.29. The van der Waals surface area contributed by atoms with Crippen LogP contribution in [0.25, 0.3) is 11.6 Å². The molecule has 1 unspecified atom stereocenters. The normalized spacial score (nSPS) is 22.7. The van der Waals surface area contributed by atoms with Gasteiger partial charge >= 0.3 is 6.18 Å². The van der Waals surface area contributed by atoms with Crippen LogP contribution in [-0.2, 0) is 13.2 Å². The number of alkyl halides is 3. The molecule has 5 rings (SSSR count). The molecular formula is C23H25F4N5OS. The zero-order valence-corrected chi connectivity index (χ0v) is 19.7. The third-order valence-electron chi connectivity index (χ3n) is 6.99. The van der Waals surface area contributed by atoms with Gasteiger partial charge in [-0.25, -0.2) is 9.37 Å². The predicted octanol–water partition coefficient (Wildman–Crippen LogP) is 5.30. The van der Waals surface area contributed by atoms with E-state index in [1.165, 1.54) is 12.5 Å². The van der Waals surface area contributed by atoms with Gasteiger partial charge in [0, 0.05) is 19.3 Å². The minimum atomic E-state index is -4.52. The average Bonchev–Trinajstić information content (AvgIpc) is 3.07. The van der Waals surface area contributed by atoms with Crippen LogP contribution in [-0.4, -0.2) is 50.0 Å². The molecule has 3 aromatic rings. The summed E-state index contributed by atoms with van der Waals surface area (Å²) in [5.41, 5.74) is 0.260. The lowest BCUT2D eigenvalue weighted by Gasteiger charge is -2.16. The third-order valence-corrected chi connectivity index (χ3v) is 8.10. The quantitative estimate of drug-likeness (QED) is 0.252. The first kappa shape index (κ1) is 23.3. The molecule has 1 aliphatic carbocycles. The maximum Gasteiger partial charge on any atom is 0.416 e. The van der Waals surface area contributed by atoms with Gasteiger partial charge in [0.05, 0.1) is 11.3 Å². The lowest BCUT2D eigenvalue weighted by atomic mass is 9.97. The fourth-order valence-electron chi connectivity index (χ4n) is 5.01. The van der Waals surface area contributed by atoms with Gasteiger partial charge in [0.1, 0.15) is 5.82 Å². The van der Waals surface area contributed by atoms with Gasteiger partial charge in [0.15, 0.2) is 17.3 Å². The van der Waals surface area contributed by atoms with E-state index in [2.05, 4.69) is 20.1 Å². The number of halogens is 4. The fourth-order valence-corrected chi connectivity index (χ4v) is 5.84. The molecule has 1 aliphatic heterocycles. The first-order valence-corrected chi connectivity index (χ1v) is 12.2.